The number of fused-ring (bicyclic) bond motifs is 1. The van der Waals surface area contributed by atoms with Gasteiger partial charge in [-0.2, -0.15) is 13.2 Å². The summed E-state index contributed by atoms with van der Waals surface area (Å²) in [6.07, 6.45) is -3.11. The van der Waals surface area contributed by atoms with Crippen molar-refractivity contribution in [2.45, 2.75) is 46.0 Å². The SMILES string of the molecule is CCOC(=O)C1=C(C)N=c2s/c(=C/c3ccc(-c4cccc(C(F)(F)F)c4)o3)c(=O)n2[C@@H]1c1ccc(OC(C)C)c(OC)c1. The topological polar surface area (TPSA) is 92.3 Å². The molecule has 230 valence electrons. The van der Waals surface area contributed by atoms with Crippen LogP contribution in [0.2, 0.25) is 0 Å². The van der Waals surface area contributed by atoms with Gasteiger partial charge in [0.2, 0.25) is 0 Å². The van der Waals surface area contributed by atoms with Gasteiger partial charge in [0, 0.05) is 11.6 Å². The van der Waals surface area contributed by atoms with E-state index >= 15 is 0 Å². The molecule has 0 N–H and O–H groups in total. The molecule has 4 aromatic rings. The molecular weight excluding hydrogens is 597 g/mol. The molecule has 0 amide bonds. The van der Waals surface area contributed by atoms with Crippen LogP contribution in [0, 0.1) is 0 Å². The lowest BCUT2D eigenvalue weighted by Gasteiger charge is -2.25. The average molecular weight is 627 g/mol. The summed E-state index contributed by atoms with van der Waals surface area (Å²) >= 11 is 1.10. The molecule has 44 heavy (non-hydrogen) atoms. The third kappa shape index (κ3) is 6.07. The number of allylic oxidation sites excluding steroid dienone is 1. The second-order valence-electron chi connectivity index (χ2n) is 10.2. The summed E-state index contributed by atoms with van der Waals surface area (Å²) in [6, 6.07) is 12.2. The second-order valence-corrected chi connectivity index (χ2v) is 11.2. The zero-order valence-electron chi connectivity index (χ0n) is 24.5. The van der Waals surface area contributed by atoms with Crippen LogP contribution in [-0.2, 0) is 15.7 Å². The average Bonchev–Trinajstić information content (AvgIpc) is 3.56. The number of carbonyl (C=O) groups excluding carboxylic acids is 1. The Hall–Kier alpha value is -4.58. The molecule has 0 bridgehead atoms. The van der Waals surface area contributed by atoms with Crippen LogP contribution in [0.25, 0.3) is 17.4 Å². The number of halogens is 3. The number of methoxy groups -OCH3 is 1. The van der Waals surface area contributed by atoms with Crippen molar-refractivity contribution in [1.29, 1.82) is 0 Å². The van der Waals surface area contributed by atoms with Gasteiger partial charge in [0.25, 0.3) is 5.56 Å². The van der Waals surface area contributed by atoms with Crippen molar-refractivity contribution in [3.8, 4) is 22.8 Å². The van der Waals surface area contributed by atoms with Crippen molar-refractivity contribution in [2.24, 2.45) is 4.99 Å². The van der Waals surface area contributed by atoms with E-state index in [1.54, 1.807) is 38.1 Å². The van der Waals surface area contributed by atoms with Gasteiger partial charge in [-0.15, -0.1) is 0 Å². The Kier molecular flexibility index (Phi) is 8.55. The molecule has 0 spiro atoms. The van der Waals surface area contributed by atoms with E-state index in [0.29, 0.717) is 27.6 Å². The number of hydrogen-bond acceptors (Lipinski definition) is 8. The highest BCUT2D eigenvalue weighted by Crippen LogP contribution is 2.37. The minimum Gasteiger partial charge on any atom is -0.493 e. The molecule has 0 aliphatic carbocycles. The number of alkyl halides is 3. The van der Waals surface area contributed by atoms with Crippen molar-refractivity contribution >= 4 is 23.4 Å². The summed E-state index contributed by atoms with van der Waals surface area (Å²) < 4.78 is 63.9. The van der Waals surface area contributed by atoms with Gasteiger partial charge in [-0.05, 0) is 69.7 Å². The lowest BCUT2D eigenvalue weighted by Crippen LogP contribution is -2.40. The predicted molar refractivity (Wildman–Crippen MR) is 158 cm³/mol. The molecule has 0 radical (unpaired) electrons. The standard InChI is InChI=1S/C32H29F3N2O6S/c1-6-41-30(39)27-18(4)36-31-37(28(27)20-10-12-24(42-17(2)3)25(15-20)40-5)29(38)26(44-31)16-22-11-13-23(43-22)19-8-7-9-21(14-19)32(33,34)35/h7-17,28H,6H2,1-5H3/b26-16+/t28-/m1/s1. The molecule has 5 rings (SSSR count). The van der Waals surface area contributed by atoms with Crippen molar-refractivity contribution in [3.63, 3.8) is 0 Å². The van der Waals surface area contributed by atoms with Crippen molar-refractivity contribution in [1.82, 2.24) is 4.57 Å². The number of rotatable bonds is 8. The first-order valence-corrected chi connectivity index (χ1v) is 14.5. The number of ether oxygens (including phenoxy) is 3. The zero-order chi connectivity index (χ0) is 31.8. The maximum atomic E-state index is 13.9. The molecular formula is C32H29F3N2O6S. The molecule has 0 saturated carbocycles. The Bertz CT molecular complexity index is 1930. The van der Waals surface area contributed by atoms with E-state index in [1.165, 1.54) is 36.0 Å². The summed E-state index contributed by atoms with van der Waals surface area (Å²) in [5, 5.41) is 0. The quantitative estimate of drug-likeness (QED) is 0.227. The number of carbonyl (C=O) groups is 1. The number of aromatic nitrogens is 1. The Morgan fingerprint density at radius 1 is 1.14 bits per heavy atom. The van der Waals surface area contributed by atoms with Crippen LogP contribution < -0.4 is 24.4 Å². The second kappa shape index (κ2) is 12.2. The number of furan rings is 1. The molecule has 0 fully saturated rings. The maximum absolute atomic E-state index is 13.9. The third-order valence-corrected chi connectivity index (χ3v) is 7.74. The molecule has 3 heterocycles. The summed E-state index contributed by atoms with van der Waals surface area (Å²) in [7, 11) is 1.50. The van der Waals surface area contributed by atoms with Crippen LogP contribution in [0.5, 0.6) is 11.5 Å². The van der Waals surface area contributed by atoms with Gasteiger partial charge in [0.1, 0.15) is 11.5 Å². The number of esters is 1. The monoisotopic (exact) mass is 626 g/mol. The van der Waals surface area contributed by atoms with E-state index in [2.05, 4.69) is 4.99 Å². The molecule has 8 nitrogen and oxygen atoms in total. The lowest BCUT2D eigenvalue weighted by molar-refractivity contribution is -0.139. The van der Waals surface area contributed by atoms with Gasteiger partial charge in [0.05, 0.1) is 47.2 Å². The molecule has 0 saturated heterocycles. The molecule has 1 aliphatic heterocycles. The minimum absolute atomic E-state index is 0.111. The molecule has 2 aromatic heterocycles. The van der Waals surface area contributed by atoms with E-state index in [9.17, 15) is 22.8 Å². The van der Waals surface area contributed by atoms with Gasteiger partial charge in [-0.25, -0.2) is 9.79 Å². The van der Waals surface area contributed by atoms with Crippen LogP contribution in [0.4, 0.5) is 13.2 Å². The van der Waals surface area contributed by atoms with Crippen LogP contribution in [0.1, 0.15) is 50.6 Å². The Labute approximate surface area is 254 Å². The minimum atomic E-state index is -4.50. The fraction of sp³-hybridized carbons (Fsp3) is 0.281. The number of hydrogen-bond donors (Lipinski definition) is 0. The van der Waals surface area contributed by atoms with Gasteiger partial charge < -0.3 is 18.6 Å². The van der Waals surface area contributed by atoms with Crippen molar-refractivity contribution in [3.05, 3.63) is 102 Å². The van der Waals surface area contributed by atoms with Gasteiger partial charge in [-0.1, -0.05) is 29.5 Å². The van der Waals surface area contributed by atoms with Gasteiger partial charge >= 0.3 is 12.1 Å². The molecule has 1 aliphatic rings. The highest BCUT2D eigenvalue weighted by molar-refractivity contribution is 7.07. The van der Waals surface area contributed by atoms with Crippen LogP contribution >= 0.6 is 11.3 Å². The first kappa shape index (κ1) is 30.9. The Balaban J connectivity index is 1.62. The smallest absolute Gasteiger partial charge is 0.416 e. The summed E-state index contributed by atoms with van der Waals surface area (Å²) in [6.45, 7) is 7.27. The number of benzene rings is 2. The largest absolute Gasteiger partial charge is 0.493 e. The van der Waals surface area contributed by atoms with Crippen molar-refractivity contribution in [2.75, 3.05) is 13.7 Å². The third-order valence-electron chi connectivity index (χ3n) is 6.76. The highest BCUT2D eigenvalue weighted by atomic mass is 32.1. The van der Waals surface area contributed by atoms with Crippen LogP contribution in [0.15, 0.2) is 80.1 Å². The predicted octanol–water partition coefficient (Wildman–Crippen LogP) is 5.87. The van der Waals surface area contributed by atoms with E-state index in [1.807, 2.05) is 13.8 Å². The van der Waals surface area contributed by atoms with Crippen molar-refractivity contribution < 1.29 is 36.6 Å². The fourth-order valence-electron chi connectivity index (χ4n) is 4.88. The molecule has 12 heteroatoms. The first-order chi connectivity index (χ1) is 20.9. The summed E-state index contributed by atoms with van der Waals surface area (Å²) in [4.78, 5) is 32.0. The van der Waals surface area contributed by atoms with Crippen LogP contribution in [0.3, 0.4) is 0 Å². The lowest BCUT2D eigenvalue weighted by atomic mass is 9.95. The first-order valence-electron chi connectivity index (χ1n) is 13.7. The Morgan fingerprint density at radius 2 is 1.91 bits per heavy atom. The van der Waals surface area contributed by atoms with E-state index in [-0.39, 0.29) is 39.9 Å². The number of thiazole rings is 1. The summed E-state index contributed by atoms with van der Waals surface area (Å²) in [5.41, 5.74) is 0.186. The molecule has 0 unspecified atom stereocenters. The highest BCUT2D eigenvalue weighted by Gasteiger charge is 2.34. The Morgan fingerprint density at radius 3 is 2.59 bits per heavy atom. The molecule has 1 atom stereocenters. The number of nitrogens with zero attached hydrogens (tertiary/aromatic N) is 2. The van der Waals surface area contributed by atoms with E-state index in [4.69, 9.17) is 18.6 Å². The zero-order valence-corrected chi connectivity index (χ0v) is 25.3. The van der Waals surface area contributed by atoms with E-state index < -0.39 is 29.3 Å². The van der Waals surface area contributed by atoms with Crippen LogP contribution in [-0.4, -0.2) is 30.4 Å². The van der Waals surface area contributed by atoms with Gasteiger partial charge in [0.15, 0.2) is 16.3 Å². The summed E-state index contributed by atoms with van der Waals surface area (Å²) in [5.74, 6) is 0.799. The van der Waals surface area contributed by atoms with E-state index in [0.717, 1.165) is 23.5 Å². The maximum Gasteiger partial charge on any atom is 0.416 e. The normalized spacial score (nSPS) is 15.3. The van der Waals surface area contributed by atoms with Gasteiger partial charge in [-0.3, -0.25) is 9.36 Å². The fourth-order valence-corrected chi connectivity index (χ4v) is 5.90. The molecule has 2 aromatic carbocycles.